The van der Waals surface area contributed by atoms with Crippen LogP contribution in [0, 0.1) is 5.82 Å². The number of benzene rings is 1. The van der Waals surface area contributed by atoms with Gasteiger partial charge < -0.3 is 10.6 Å². The Bertz CT molecular complexity index is 463. The average Bonchev–Trinajstić information content (AvgIpc) is 2.57. The predicted octanol–water partition coefficient (Wildman–Crippen LogP) is 5.46. The summed E-state index contributed by atoms with van der Waals surface area (Å²) in [6, 6.07) is 7.04. The van der Waals surface area contributed by atoms with Crippen molar-refractivity contribution in [1.29, 1.82) is 0 Å². The van der Waals surface area contributed by atoms with Gasteiger partial charge in [0.05, 0.1) is 0 Å². The zero-order valence-electron chi connectivity index (χ0n) is 14.7. The van der Waals surface area contributed by atoms with E-state index < -0.39 is 0 Å². The molecule has 1 aliphatic carbocycles. The highest BCUT2D eigenvalue weighted by Crippen LogP contribution is 2.17. The normalized spacial score (nSPS) is 18.2. The van der Waals surface area contributed by atoms with E-state index in [0.29, 0.717) is 12.6 Å². The predicted molar refractivity (Wildman–Crippen MR) is 104 cm³/mol. The van der Waals surface area contributed by atoms with Crippen LogP contribution in [0.1, 0.15) is 76.2 Å². The zero-order chi connectivity index (χ0) is 17.0. The van der Waals surface area contributed by atoms with Gasteiger partial charge in [-0.1, -0.05) is 69.9 Å². The molecular weight excluding hydrogens is 319 g/mol. The molecule has 0 saturated heterocycles. The highest BCUT2D eigenvalue weighted by Gasteiger charge is 2.10. The van der Waals surface area contributed by atoms with Crippen molar-refractivity contribution in [2.24, 2.45) is 0 Å². The van der Waals surface area contributed by atoms with Crippen molar-refractivity contribution < 1.29 is 4.39 Å². The van der Waals surface area contributed by atoms with E-state index in [1.807, 2.05) is 0 Å². The maximum Gasteiger partial charge on any atom is 0.166 e. The smallest absolute Gasteiger partial charge is 0.166 e. The summed E-state index contributed by atoms with van der Waals surface area (Å²) in [5, 5.41) is 7.47. The largest absolute Gasteiger partial charge is 0.360 e. The summed E-state index contributed by atoms with van der Waals surface area (Å²) >= 11 is 5.45. The van der Waals surface area contributed by atoms with Gasteiger partial charge in [-0.05, 0) is 42.8 Å². The number of halogens is 1. The molecule has 0 amide bonds. The minimum atomic E-state index is -0.201. The maximum absolute atomic E-state index is 12.9. The highest BCUT2D eigenvalue weighted by atomic mass is 32.1. The lowest BCUT2D eigenvalue weighted by Crippen LogP contribution is -2.41. The van der Waals surface area contributed by atoms with Crippen molar-refractivity contribution in [1.82, 2.24) is 10.6 Å². The molecule has 0 aliphatic heterocycles. The lowest BCUT2D eigenvalue weighted by Gasteiger charge is -2.21. The molecule has 2 nitrogen and oxygen atoms in total. The van der Waals surface area contributed by atoms with Crippen LogP contribution in [0.15, 0.2) is 24.3 Å². The van der Waals surface area contributed by atoms with Gasteiger partial charge in [-0.2, -0.15) is 0 Å². The van der Waals surface area contributed by atoms with Crippen LogP contribution in [0.3, 0.4) is 0 Å². The van der Waals surface area contributed by atoms with Crippen LogP contribution in [0.4, 0.5) is 4.39 Å². The fraction of sp³-hybridized carbons (Fsp3) is 0.650. The highest BCUT2D eigenvalue weighted by molar-refractivity contribution is 7.80. The Labute approximate surface area is 151 Å². The van der Waals surface area contributed by atoms with Crippen LogP contribution in [-0.4, -0.2) is 11.2 Å². The maximum atomic E-state index is 12.9. The van der Waals surface area contributed by atoms with E-state index >= 15 is 0 Å². The van der Waals surface area contributed by atoms with Crippen molar-refractivity contribution in [3.8, 4) is 0 Å². The number of rotatable bonds is 3. The van der Waals surface area contributed by atoms with Crippen LogP contribution in [-0.2, 0) is 6.54 Å². The van der Waals surface area contributed by atoms with Gasteiger partial charge in [0.1, 0.15) is 5.82 Å². The number of nitrogens with one attached hydrogen (secondary N) is 2. The molecule has 1 fully saturated rings. The monoisotopic (exact) mass is 350 g/mol. The fourth-order valence-electron chi connectivity index (χ4n) is 3.33. The van der Waals surface area contributed by atoms with Crippen LogP contribution in [0.5, 0.6) is 0 Å². The first kappa shape index (κ1) is 19.2. The number of thiocarbonyl (C=S) groups is 1. The van der Waals surface area contributed by atoms with Crippen molar-refractivity contribution in [2.45, 2.75) is 83.2 Å². The molecule has 4 heteroatoms. The summed E-state index contributed by atoms with van der Waals surface area (Å²) in [6.45, 7) is 0.638. The van der Waals surface area contributed by atoms with E-state index in [0.717, 1.165) is 10.7 Å². The van der Waals surface area contributed by atoms with Crippen LogP contribution in [0.2, 0.25) is 0 Å². The van der Waals surface area contributed by atoms with E-state index in [9.17, 15) is 4.39 Å². The molecule has 0 unspecified atom stereocenters. The van der Waals surface area contributed by atoms with Gasteiger partial charge in [0.15, 0.2) is 5.11 Å². The van der Waals surface area contributed by atoms with Crippen LogP contribution in [0.25, 0.3) is 0 Å². The lowest BCUT2D eigenvalue weighted by atomic mass is 9.98. The number of hydrogen-bond acceptors (Lipinski definition) is 1. The Morgan fingerprint density at radius 3 is 1.92 bits per heavy atom. The lowest BCUT2D eigenvalue weighted by molar-refractivity contribution is 0.441. The Kier molecular flexibility index (Phi) is 9.11. The molecule has 2 N–H and O–H groups in total. The molecule has 0 atom stereocenters. The van der Waals surface area contributed by atoms with E-state index in [2.05, 4.69) is 10.6 Å². The topological polar surface area (TPSA) is 24.1 Å². The fourth-order valence-corrected chi connectivity index (χ4v) is 3.57. The molecule has 0 heterocycles. The van der Waals surface area contributed by atoms with E-state index in [1.54, 1.807) is 12.1 Å². The molecule has 1 aromatic carbocycles. The second kappa shape index (κ2) is 11.4. The number of hydrogen-bond donors (Lipinski definition) is 2. The van der Waals surface area contributed by atoms with Gasteiger partial charge in [-0.3, -0.25) is 0 Å². The van der Waals surface area contributed by atoms with Gasteiger partial charge in [0.25, 0.3) is 0 Å². The summed E-state index contributed by atoms with van der Waals surface area (Å²) in [5.74, 6) is -0.201. The second-order valence-corrected chi connectivity index (χ2v) is 7.32. The van der Waals surface area contributed by atoms with Crippen molar-refractivity contribution in [3.05, 3.63) is 35.6 Å². The summed E-state index contributed by atoms with van der Waals surface area (Å²) in [7, 11) is 0. The molecular formula is C20H31FN2S. The van der Waals surface area contributed by atoms with E-state index in [-0.39, 0.29) is 5.82 Å². The summed E-state index contributed by atoms with van der Waals surface area (Å²) in [6.07, 6.45) is 14.6. The van der Waals surface area contributed by atoms with Gasteiger partial charge in [-0.25, -0.2) is 4.39 Å². The van der Waals surface area contributed by atoms with Crippen molar-refractivity contribution in [3.63, 3.8) is 0 Å². The average molecular weight is 351 g/mol. The summed E-state index contributed by atoms with van der Waals surface area (Å²) < 4.78 is 12.9. The zero-order valence-corrected chi connectivity index (χ0v) is 15.5. The van der Waals surface area contributed by atoms with Crippen molar-refractivity contribution >= 4 is 17.3 Å². The molecule has 1 saturated carbocycles. The van der Waals surface area contributed by atoms with Gasteiger partial charge in [-0.15, -0.1) is 0 Å². The third-order valence-corrected chi connectivity index (χ3v) is 5.07. The molecule has 1 aromatic rings. The Hall–Kier alpha value is -1.16. The molecule has 0 aromatic heterocycles. The van der Waals surface area contributed by atoms with Crippen molar-refractivity contribution in [2.75, 3.05) is 0 Å². The molecule has 0 spiro atoms. The first-order chi connectivity index (χ1) is 11.7. The minimum absolute atomic E-state index is 0.201. The summed E-state index contributed by atoms with van der Waals surface area (Å²) in [4.78, 5) is 0. The Morgan fingerprint density at radius 1 is 0.875 bits per heavy atom. The first-order valence-corrected chi connectivity index (χ1v) is 9.94. The van der Waals surface area contributed by atoms with Crippen LogP contribution < -0.4 is 10.6 Å². The second-order valence-electron chi connectivity index (χ2n) is 6.91. The molecule has 0 bridgehead atoms. The molecule has 2 rings (SSSR count). The standard InChI is InChI=1S/C20H31FN2S/c21-18-14-12-17(13-15-18)16-22-20(24)23-19-10-8-6-4-2-1-3-5-7-9-11-19/h12-15,19H,1-11,16H2,(H2,22,23,24). The molecule has 134 valence electrons. The van der Waals surface area contributed by atoms with E-state index in [4.69, 9.17) is 12.2 Å². The Balaban J connectivity index is 1.73. The Morgan fingerprint density at radius 2 is 1.38 bits per heavy atom. The molecule has 0 radical (unpaired) electrons. The molecule has 24 heavy (non-hydrogen) atoms. The van der Waals surface area contributed by atoms with Gasteiger partial charge in [0, 0.05) is 12.6 Å². The third kappa shape index (κ3) is 8.09. The first-order valence-electron chi connectivity index (χ1n) is 9.53. The SMILES string of the molecule is Fc1ccc(CNC(=S)NC2CCCCCCCCCCC2)cc1. The van der Waals surface area contributed by atoms with Gasteiger partial charge in [0.2, 0.25) is 0 Å². The quantitative estimate of drug-likeness (QED) is 0.708. The van der Waals surface area contributed by atoms with Crippen LogP contribution >= 0.6 is 12.2 Å². The summed E-state index contributed by atoms with van der Waals surface area (Å²) in [5.41, 5.74) is 1.04. The van der Waals surface area contributed by atoms with Gasteiger partial charge >= 0.3 is 0 Å². The third-order valence-electron chi connectivity index (χ3n) is 4.81. The minimum Gasteiger partial charge on any atom is -0.360 e. The molecule has 1 aliphatic rings. The van der Waals surface area contributed by atoms with E-state index in [1.165, 1.54) is 82.8 Å².